The highest BCUT2D eigenvalue weighted by Crippen LogP contribution is 2.28. The third-order valence-corrected chi connectivity index (χ3v) is 4.30. The van der Waals surface area contributed by atoms with Crippen LogP contribution in [0.3, 0.4) is 0 Å². The van der Waals surface area contributed by atoms with E-state index in [9.17, 15) is 0 Å². The Balaban J connectivity index is 2.52. The Morgan fingerprint density at radius 3 is 2.41 bits per heavy atom. The molecule has 0 fully saturated rings. The van der Waals surface area contributed by atoms with Gasteiger partial charge in [0.25, 0.3) is 0 Å². The highest BCUT2D eigenvalue weighted by Gasteiger charge is 2.10. The predicted molar refractivity (Wildman–Crippen MR) is 76.8 cm³/mol. The predicted octanol–water partition coefficient (Wildman–Crippen LogP) is 4.06. The first-order chi connectivity index (χ1) is 8.11. The van der Waals surface area contributed by atoms with Crippen molar-refractivity contribution in [1.82, 2.24) is 9.97 Å². The van der Waals surface area contributed by atoms with Crippen LogP contribution in [0.15, 0.2) is 24.3 Å². The highest BCUT2D eigenvalue weighted by molar-refractivity contribution is 14.1. The second kappa shape index (κ2) is 5.37. The molecule has 6 heteroatoms. The van der Waals surface area contributed by atoms with Gasteiger partial charge in [-0.25, -0.2) is 9.97 Å². The normalized spacial score (nSPS) is 10.4. The van der Waals surface area contributed by atoms with Gasteiger partial charge >= 0.3 is 0 Å². The summed E-state index contributed by atoms with van der Waals surface area (Å²) in [5.41, 5.74) is 0.810. The Bertz CT molecular complexity index is 540. The second-order valence-electron chi connectivity index (χ2n) is 3.17. The van der Waals surface area contributed by atoms with Crippen LogP contribution in [0.4, 0.5) is 0 Å². The first-order valence-electron chi connectivity index (χ1n) is 4.65. The van der Waals surface area contributed by atoms with Crippen molar-refractivity contribution in [3.8, 4) is 17.1 Å². The third-order valence-electron chi connectivity index (χ3n) is 2.10. The van der Waals surface area contributed by atoms with E-state index < -0.39 is 0 Å². The van der Waals surface area contributed by atoms with Crippen molar-refractivity contribution in [2.45, 2.75) is 0 Å². The molecule has 17 heavy (non-hydrogen) atoms. The summed E-state index contributed by atoms with van der Waals surface area (Å²) >= 11 is 13.9. The zero-order chi connectivity index (χ0) is 12.4. The van der Waals surface area contributed by atoms with Crippen LogP contribution in [0, 0.1) is 3.57 Å². The summed E-state index contributed by atoms with van der Waals surface area (Å²) in [5, 5.41) is 0.701. The van der Waals surface area contributed by atoms with Gasteiger partial charge in [-0.3, -0.25) is 0 Å². The van der Waals surface area contributed by atoms with Gasteiger partial charge in [0.2, 0.25) is 0 Å². The molecule has 3 nitrogen and oxygen atoms in total. The van der Waals surface area contributed by atoms with E-state index >= 15 is 0 Å². The fourth-order valence-electron chi connectivity index (χ4n) is 1.29. The van der Waals surface area contributed by atoms with E-state index in [2.05, 4.69) is 9.97 Å². The van der Waals surface area contributed by atoms with Crippen molar-refractivity contribution in [1.29, 1.82) is 0 Å². The summed E-state index contributed by atoms with van der Waals surface area (Å²) in [7, 11) is 1.61. The zero-order valence-electron chi connectivity index (χ0n) is 8.75. The zero-order valence-corrected chi connectivity index (χ0v) is 12.4. The van der Waals surface area contributed by atoms with Gasteiger partial charge in [0, 0.05) is 5.56 Å². The third kappa shape index (κ3) is 2.81. The highest BCUT2D eigenvalue weighted by atomic mass is 127. The summed E-state index contributed by atoms with van der Waals surface area (Å²) in [6.45, 7) is 0. The Morgan fingerprint density at radius 2 is 1.82 bits per heavy atom. The summed E-state index contributed by atoms with van der Waals surface area (Å²) in [6, 6.07) is 7.41. The largest absolute Gasteiger partial charge is 0.497 e. The van der Waals surface area contributed by atoms with Crippen LogP contribution in [-0.4, -0.2) is 17.1 Å². The lowest BCUT2D eigenvalue weighted by Gasteiger charge is -2.05. The monoisotopic (exact) mass is 380 g/mol. The fraction of sp³-hybridized carbons (Fsp3) is 0.0909. The Kier molecular flexibility index (Phi) is 4.06. The molecule has 0 N–H and O–H groups in total. The molecule has 0 radical (unpaired) electrons. The maximum atomic E-state index is 5.97. The molecular weight excluding hydrogens is 374 g/mol. The molecule has 2 rings (SSSR count). The number of nitrogens with zero attached hydrogens (tertiary/aromatic N) is 2. The van der Waals surface area contributed by atoms with Crippen molar-refractivity contribution < 1.29 is 4.74 Å². The first-order valence-corrected chi connectivity index (χ1v) is 6.48. The number of ether oxygens (including phenoxy) is 1. The van der Waals surface area contributed by atoms with E-state index in [-0.39, 0.29) is 0 Å². The van der Waals surface area contributed by atoms with Crippen LogP contribution in [0.25, 0.3) is 11.4 Å². The van der Waals surface area contributed by atoms with Gasteiger partial charge in [-0.2, -0.15) is 0 Å². The Labute approximate surface area is 122 Å². The molecule has 0 unspecified atom stereocenters. The van der Waals surface area contributed by atoms with Gasteiger partial charge in [-0.05, 0) is 34.7 Å². The first kappa shape index (κ1) is 12.9. The molecule has 0 amide bonds. The summed E-state index contributed by atoms with van der Waals surface area (Å²) in [6.07, 6.45) is 0. The minimum atomic E-state index is 0.350. The van der Waals surface area contributed by atoms with Crippen LogP contribution in [0.2, 0.25) is 10.3 Å². The molecule has 0 bridgehead atoms. The van der Waals surface area contributed by atoms with Crippen LogP contribution in [0.1, 0.15) is 0 Å². The quantitative estimate of drug-likeness (QED) is 0.582. The number of hydrogen-bond donors (Lipinski definition) is 0. The number of halogens is 3. The van der Waals surface area contributed by atoms with Crippen molar-refractivity contribution in [2.24, 2.45) is 0 Å². The van der Waals surface area contributed by atoms with E-state index in [0.717, 1.165) is 11.3 Å². The van der Waals surface area contributed by atoms with Crippen LogP contribution in [-0.2, 0) is 0 Å². The number of methoxy groups -OCH3 is 1. The van der Waals surface area contributed by atoms with Gasteiger partial charge < -0.3 is 4.74 Å². The maximum absolute atomic E-state index is 5.97. The van der Waals surface area contributed by atoms with E-state index in [4.69, 9.17) is 27.9 Å². The van der Waals surface area contributed by atoms with Gasteiger partial charge in [0.1, 0.15) is 16.1 Å². The van der Waals surface area contributed by atoms with Gasteiger partial charge in [0.15, 0.2) is 5.82 Å². The minimum absolute atomic E-state index is 0.350. The maximum Gasteiger partial charge on any atom is 0.162 e. The van der Waals surface area contributed by atoms with E-state index in [1.807, 2.05) is 46.9 Å². The number of hydrogen-bond acceptors (Lipinski definition) is 3. The molecule has 1 aromatic carbocycles. The van der Waals surface area contributed by atoms with Crippen LogP contribution in [0.5, 0.6) is 5.75 Å². The lowest BCUT2D eigenvalue weighted by molar-refractivity contribution is 0.415. The lowest BCUT2D eigenvalue weighted by Crippen LogP contribution is -1.94. The number of aromatic nitrogens is 2. The molecule has 0 aliphatic rings. The Hall–Kier alpha value is -0.590. The molecular formula is C11H7Cl2IN2O. The van der Waals surface area contributed by atoms with E-state index in [1.165, 1.54) is 0 Å². The second-order valence-corrected chi connectivity index (χ2v) is 4.97. The van der Waals surface area contributed by atoms with E-state index in [0.29, 0.717) is 19.7 Å². The fourth-order valence-corrected chi connectivity index (χ4v) is 1.91. The standard InChI is InChI=1S/C11H7Cl2IN2O/c1-17-7-4-2-3-6(5-7)11-15-9(12)8(14)10(13)16-11/h2-5H,1H3. The SMILES string of the molecule is COc1cccc(-c2nc(Cl)c(I)c(Cl)n2)c1. The minimum Gasteiger partial charge on any atom is -0.497 e. The molecule has 0 aliphatic carbocycles. The van der Waals surface area contributed by atoms with Gasteiger partial charge in [0.05, 0.1) is 10.7 Å². The number of rotatable bonds is 2. The number of benzene rings is 1. The molecule has 0 saturated carbocycles. The smallest absolute Gasteiger partial charge is 0.162 e. The van der Waals surface area contributed by atoms with Crippen molar-refractivity contribution in [3.05, 3.63) is 38.1 Å². The molecule has 0 aliphatic heterocycles. The molecule has 0 atom stereocenters. The summed E-state index contributed by atoms with van der Waals surface area (Å²) < 4.78 is 5.79. The van der Waals surface area contributed by atoms with E-state index in [1.54, 1.807) is 7.11 Å². The van der Waals surface area contributed by atoms with Crippen molar-refractivity contribution >= 4 is 45.8 Å². The average Bonchev–Trinajstić information content (AvgIpc) is 2.35. The van der Waals surface area contributed by atoms with Crippen LogP contribution < -0.4 is 4.74 Å². The van der Waals surface area contributed by atoms with Crippen molar-refractivity contribution in [2.75, 3.05) is 7.11 Å². The molecule has 88 valence electrons. The molecule has 1 aromatic heterocycles. The summed E-state index contributed by atoms with van der Waals surface area (Å²) in [4.78, 5) is 8.37. The molecule has 0 spiro atoms. The lowest BCUT2D eigenvalue weighted by atomic mass is 10.2. The van der Waals surface area contributed by atoms with Gasteiger partial charge in [-0.1, -0.05) is 35.3 Å². The topological polar surface area (TPSA) is 35.0 Å². The van der Waals surface area contributed by atoms with Crippen molar-refractivity contribution in [3.63, 3.8) is 0 Å². The molecule has 2 aromatic rings. The Morgan fingerprint density at radius 1 is 1.18 bits per heavy atom. The molecule has 1 heterocycles. The average molecular weight is 381 g/mol. The summed E-state index contributed by atoms with van der Waals surface area (Å²) in [5.74, 6) is 1.22. The van der Waals surface area contributed by atoms with Gasteiger partial charge in [-0.15, -0.1) is 0 Å². The van der Waals surface area contributed by atoms with Crippen LogP contribution >= 0.6 is 45.8 Å². The molecule has 0 saturated heterocycles.